The van der Waals surface area contributed by atoms with Crippen LogP contribution in [0.3, 0.4) is 0 Å². The largest absolute Gasteiger partial charge is 0.449 e. The third-order valence-electron chi connectivity index (χ3n) is 2.41. The van der Waals surface area contributed by atoms with E-state index in [9.17, 15) is 4.79 Å². The maximum absolute atomic E-state index is 11.6. The van der Waals surface area contributed by atoms with Gasteiger partial charge in [-0.2, -0.15) is 5.26 Å². The third-order valence-corrected chi connectivity index (χ3v) is 2.74. The number of nitrogens with zero attached hydrogens (tertiary/aromatic N) is 1. The number of ether oxygens (including phenoxy) is 1. The van der Waals surface area contributed by atoms with E-state index in [1.165, 1.54) is 13.0 Å². The molecule has 1 atom stereocenters. The first-order valence-corrected chi connectivity index (χ1v) is 5.95. The molecule has 2 aromatic rings. The minimum atomic E-state index is -0.818. The van der Waals surface area contributed by atoms with Gasteiger partial charge in [0.25, 0.3) is 0 Å². The number of furan rings is 1. The van der Waals surface area contributed by atoms with Crippen molar-refractivity contribution in [2.45, 2.75) is 13.0 Å². The number of nitriles is 1. The highest BCUT2D eigenvalue weighted by atomic mass is 35.5. The van der Waals surface area contributed by atoms with E-state index in [1.807, 2.05) is 12.1 Å². The SMILES string of the molecule is C[C@@H](C#N)OC(=O)c1ccc(-c2ccccc2Cl)o1. The molecule has 4 nitrogen and oxygen atoms in total. The van der Waals surface area contributed by atoms with Crippen LogP contribution in [-0.2, 0) is 4.74 Å². The lowest BCUT2D eigenvalue weighted by atomic mass is 10.2. The summed E-state index contributed by atoms with van der Waals surface area (Å²) in [6, 6.07) is 12.1. The van der Waals surface area contributed by atoms with Gasteiger partial charge in [0.15, 0.2) is 6.10 Å². The molecule has 0 saturated carbocycles. The normalized spacial score (nSPS) is 11.6. The van der Waals surface area contributed by atoms with Crippen molar-refractivity contribution >= 4 is 17.6 Å². The zero-order chi connectivity index (χ0) is 13.8. The standard InChI is InChI=1S/C14H10ClNO3/c1-9(8-16)18-14(17)13-7-6-12(19-13)10-4-2-3-5-11(10)15/h2-7,9H,1H3/t9-/m0/s1. The molecular weight excluding hydrogens is 266 g/mol. The molecule has 0 fully saturated rings. The van der Waals surface area contributed by atoms with Crippen molar-refractivity contribution in [1.29, 1.82) is 5.26 Å². The first-order chi connectivity index (χ1) is 9.11. The maximum Gasteiger partial charge on any atom is 0.375 e. The molecule has 1 aromatic carbocycles. The quantitative estimate of drug-likeness (QED) is 0.802. The van der Waals surface area contributed by atoms with Crippen molar-refractivity contribution in [3.63, 3.8) is 0 Å². The van der Waals surface area contributed by atoms with E-state index in [0.717, 1.165) is 0 Å². The summed E-state index contributed by atoms with van der Waals surface area (Å²) in [7, 11) is 0. The molecule has 0 saturated heterocycles. The van der Waals surface area contributed by atoms with Crippen molar-refractivity contribution in [2.75, 3.05) is 0 Å². The highest BCUT2D eigenvalue weighted by Crippen LogP contribution is 2.29. The minimum absolute atomic E-state index is 0.0389. The molecule has 5 heteroatoms. The van der Waals surface area contributed by atoms with Crippen LogP contribution in [-0.4, -0.2) is 12.1 Å². The molecule has 1 aromatic heterocycles. The van der Waals surface area contributed by atoms with Crippen LogP contribution in [0.5, 0.6) is 0 Å². The van der Waals surface area contributed by atoms with Crippen LogP contribution in [0, 0.1) is 11.3 Å². The van der Waals surface area contributed by atoms with E-state index in [-0.39, 0.29) is 5.76 Å². The monoisotopic (exact) mass is 275 g/mol. The van der Waals surface area contributed by atoms with Crippen LogP contribution >= 0.6 is 11.6 Å². The Labute approximate surface area is 115 Å². The molecule has 0 aliphatic rings. The first-order valence-electron chi connectivity index (χ1n) is 5.57. The van der Waals surface area contributed by atoms with E-state index in [1.54, 1.807) is 24.3 Å². The van der Waals surface area contributed by atoms with Crippen LogP contribution in [0.4, 0.5) is 0 Å². The Hall–Kier alpha value is -2.25. The highest BCUT2D eigenvalue weighted by molar-refractivity contribution is 6.33. The second kappa shape index (κ2) is 5.59. The molecule has 0 spiro atoms. The van der Waals surface area contributed by atoms with Gasteiger partial charge in [0, 0.05) is 5.56 Å². The Balaban J connectivity index is 2.23. The number of esters is 1. The molecule has 96 valence electrons. The number of benzene rings is 1. The molecule has 0 aliphatic heterocycles. The summed E-state index contributed by atoms with van der Waals surface area (Å²) in [5.74, 6) is -0.161. The average Bonchev–Trinajstić information content (AvgIpc) is 2.88. The third kappa shape index (κ3) is 2.95. The topological polar surface area (TPSA) is 63.2 Å². The summed E-state index contributed by atoms with van der Waals surface area (Å²) < 4.78 is 10.2. The van der Waals surface area contributed by atoms with Crippen LogP contribution in [0.1, 0.15) is 17.5 Å². The van der Waals surface area contributed by atoms with Crippen molar-refractivity contribution in [2.24, 2.45) is 0 Å². The number of carbonyl (C=O) groups is 1. The van der Waals surface area contributed by atoms with Gasteiger partial charge in [-0.1, -0.05) is 23.7 Å². The number of rotatable bonds is 3. The summed E-state index contributed by atoms with van der Waals surface area (Å²) in [4.78, 5) is 11.6. The Kier molecular flexibility index (Phi) is 3.88. The predicted octanol–water partition coefficient (Wildman–Crippen LogP) is 3.67. The predicted molar refractivity (Wildman–Crippen MR) is 69.6 cm³/mol. The molecule has 0 unspecified atom stereocenters. The van der Waals surface area contributed by atoms with Crippen LogP contribution < -0.4 is 0 Å². The lowest BCUT2D eigenvalue weighted by Gasteiger charge is -2.03. The lowest BCUT2D eigenvalue weighted by Crippen LogP contribution is -2.12. The van der Waals surface area contributed by atoms with Crippen molar-refractivity contribution in [3.05, 3.63) is 47.2 Å². The lowest BCUT2D eigenvalue weighted by molar-refractivity contribution is 0.0400. The molecule has 1 heterocycles. The van der Waals surface area contributed by atoms with Gasteiger partial charge in [0.1, 0.15) is 11.8 Å². The summed E-state index contributed by atoms with van der Waals surface area (Å²) in [5, 5.41) is 9.10. The Morgan fingerprint density at radius 1 is 1.37 bits per heavy atom. The van der Waals surface area contributed by atoms with E-state index in [0.29, 0.717) is 16.3 Å². The Bertz CT molecular complexity index is 642. The highest BCUT2D eigenvalue weighted by Gasteiger charge is 2.17. The van der Waals surface area contributed by atoms with Gasteiger partial charge in [-0.25, -0.2) is 4.79 Å². The minimum Gasteiger partial charge on any atom is -0.449 e. The van der Waals surface area contributed by atoms with Gasteiger partial charge >= 0.3 is 5.97 Å². The van der Waals surface area contributed by atoms with Crippen LogP contribution in [0.15, 0.2) is 40.8 Å². The van der Waals surface area contributed by atoms with E-state index < -0.39 is 12.1 Å². The van der Waals surface area contributed by atoms with Crippen molar-refractivity contribution in [1.82, 2.24) is 0 Å². The fourth-order valence-corrected chi connectivity index (χ4v) is 1.73. The van der Waals surface area contributed by atoms with Gasteiger partial charge in [0.2, 0.25) is 5.76 Å². The molecule has 2 rings (SSSR count). The number of hydrogen-bond acceptors (Lipinski definition) is 4. The zero-order valence-electron chi connectivity index (χ0n) is 10.1. The van der Waals surface area contributed by atoms with E-state index >= 15 is 0 Å². The van der Waals surface area contributed by atoms with Crippen molar-refractivity contribution < 1.29 is 13.9 Å². The van der Waals surface area contributed by atoms with Gasteiger partial charge < -0.3 is 9.15 Å². The zero-order valence-corrected chi connectivity index (χ0v) is 10.8. The maximum atomic E-state index is 11.6. The molecule has 0 bridgehead atoms. The van der Waals surface area contributed by atoms with Gasteiger partial charge in [-0.15, -0.1) is 0 Å². The fraction of sp³-hybridized carbons (Fsp3) is 0.143. The van der Waals surface area contributed by atoms with E-state index in [4.69, 9.17) is 26.0 Å². The van der Waals surface area contributed by atoms with Gasteiger partial charge in [-0.3, -0.25) is 0 Å². The van der Waals surface area contributed by atoms with Crippen molar-refractivity contribution in [3.8, 4) is 17.4 Å². The van der Waals surface area contributed by atoms with Crippen LogP contribution in [0.2, 0.25) is 5.02 Å². The number of halogens is 1. The summed E-state index contributed by atoms with van der Waals surface area (Å²) in [6.45, 7) is 1.48. The van der Waals surface area contributed by atoms with E-state index in [2.05, 4.69) is 0 Å². The van der Waals surface area contributed by atoms with Gasteiger partial charge in [-0.05, 0) is 31.2 Å². The molecule has 0 radical (unpaired) electrons. The molecule has 19 heavy (non-hydrogen) atoms. The Morgan fingerprint density at radius 3 is 2.79 bits per heavy atom. The van der Waals surface area contributed by atoms with Crippen LogP contribution in [0.25, 0.3) is 11.3 Å². The second-order valence-corrected chi connectivity index (χ2v) is 4.23. The first kappa shape index (κ1) is 13.2. The number of carbonyl (C=O) groups excluding carboxylic acids is 1. The second-order valence-electron chi connectivity index (χ2n) is 3.82. The summed E-state index contributed by atoms with van der Waals surface area (Å²) >= 11 is 6.04. The smallest absolute Gasteiger partial charge is 0.375 e. The van der Waals surface area contributed by atoms with Gasteiger partial charge in [0.05, 0.1) is 5.02 Å². The molecule has 0 N–H and O–H groups in total. The average molecular weight is 276 g/mol. The Morgan fingerprint density at radius 2 is 2.11 bits per heavy atom. The fourth-order valence-electron chi connectivity index (χ4n) is 1.50. The molecule has 0 aliphatic carbocycles. The summed E-state index contributed by atoms with van der Waals surface area (Å²) in [6.07, 6.45) is -0.818. The molecular formula is C14H10ClNO3. The number of hydrogen-bond donors (Lipinski definition) is 0. The summed E-state index contributed by atoms with van der Waals surface area (Å²) in [5.41, 5.74) is 0.691. The molecule has 0 amide bonds.